The van der Waals surface area contributed by atoms with Gasteiger partial charge in [-0.3, -0.25) is 0 Å². The minimum Gasteiger partial charge on any atom is -0.334 e. The molecule has 0 fully saturated rings. The van der Waals surface area contributed by atoms with Gasteiger partial charge in [-0.25, -0.2) is 18.5 Å². The van der Waals surface area contributed by atoms with Gasteiger partial charge in [-0.05, 0) is 13.8 Å². The lowest BCUT2D eigenvalue weighted by atomic mass is 10.4. The summed E-state index contributed by atoms with van der Waals surface area (Å²) < 4.78 is 23.8. The second-order valence-corrected chi connectivity index (χ2v) is 4.69. The molecular formula is C7H13N3O2S. The van der Waals surface area contributed by atoms with E-state index in [9.17, 15) is 8.42 Å². The Morgan fingerprint density at radius 1 is 1.69 bits per heavy atom. The molecule has 0 aromatic carbocycles. The van der Waals surface area contributed by atoms with Crippen LogP contribution in [-0.2, 0) is 16.6 Å². The average molecular weight is 203 g/mol. The average Bonchev–Trinajstić information content (AvgIpc) is 2.48. The maximum atomic E-state index is 11.0. The summed E-state index contributed by atoms with van der Waals surface area (Å²) in [6.45, 7) is 4.14. The maximum Gasteiger partial charge on any atom is 0.218 e. The fraction of sp³-hybridized carbons (Fsp3) is 0.571. The molecule has 1 heterocycles. The van der Waals surface area contributed by atoms with Crippen LogP contribution in [-0.4, -0.2) is 18.0 Å². The third-order valence-corrected chi connectivity index (χ3v) is 3.14. The minimum absolute atomic E-state index is 0.491. The molecule has 1 aromatic heterocycles. The number of hydrogen-bond donors (Lipinski definition) is 1. The summed E-state index contributed by atoms with van der Waals surface area (Å²) in [4.78, 5) is 3.96. The summed E-state index contributed by atoms with van der Waals surface area (Å²) in [7, 11) is -3.54. The molecule has 0 aliphatic heterocycles. The molecular weight excluding hydrogens is 190 g/mol. The molecule has 74 valence electrons. The number of sulfonamides is 1. The molecule has 0 radical (unpaired) electrons. The Kier molecular flexibility index (Phi) is 2.72. The lowest BCUT2D eigenvalue weighted by molar-refractivity contribution is 0.578. The predicted molar refractivity (Wildman–Crippen MR) is 49.4 cm³/mol. The number of nitrogens with zero attached hydrogens (tertiary/aromatic N) is 2. The van der Waals surface area contributed by atoms with Gasteiger partial charge in [0.05, 0.1) is 0 Å². The van der Waals surface area contributed by atoms with Crippen molar-refractivity contribution in [1.82, 2.24) is 9.55 Å². The monoisotopic (exact) mass is 203 g/mol. The SMILES string of the molecule is CCn1ccnc1C(C)S(N)(=O)=O. The fourth-order valence-corrected chi connectivity index (χ4v) is 1.58. The molecule has 0 aliphatic carbocycles. The van der Waals surface area contributed by atoms with Crippen LogP contribution in [0, 0.1) is 0 Å². The maximum absolute atomic E-state index is 11.0. The highest BCUT2D eigenvalue weighted by Crippen LogP contribution is 2.16. The highest BCUT2D eigenvalue weighted by Gasteiger charge is 2.21. The summed E-state index contributed by atoms with van der Waals surface area (Å²) >= 11 is 0. The molecule has 2 N–H and O–H groups in total. The number of primary sulfonamides is 1. The smallest absolute Gasteiger partial charge is 0.218 e. The number of hydrogen-bond acceptors (Lipinski definition) is 3. The van der Waals surface area contributed by atoms with Gasteiger partial charge in [0.25, 0.3) is 0 Å². The number of nitrogens with two attached hydrogens (primary N) is 1. The van der Waals surface area contributed by atoms with Gasteiger partial charge in [-0.1, -0.05) is 0 Å². The van der Waals surface area contributed by atoms with Gasteiger partial charge >= 0.3 is 0 Å². The number of aryl methyl sites for hydroxylation is 1. The highest BCUT2D eigenvalue weighted by molar-refractivity contribution is 7.89. The molecule has 5 nitrogen and oxygen atoms in total. The van der Waals surface area contributed by atoms with Crippen molar-refractivity contribution in [2.45, 2.75) is 25.6 Å². The summed E-state index contributed by atoms with van der Waals surface area (Å²) in [6, 6.07) is 0. The first kappa shape index (κ1) is 10.2. The Morgan fingerprint density at radius 3 is 2.77 bits per heavy atom. The standard InChI is InChI=1S/C7H13N3O2S/c1-3-10-5-4-9-7(10)6(2)13(8,11)12/h4-6H,3H2,1-2H3,(H2,8,11,12). The van der Waals surface area contributed by atoms with Gasteiger partial charge in [0.2, 0.25) is 10.0 Å². The van der Waals surface area contributed by atoms with Crippen molar-refractivity contribution in [3.05, 3.63) is 18.2 Å². The van der Waals surface area contributed by atoms with E-state index in [0.717, 1.165) is 0 Å². The molecule has 6 heteroatoms. The van der Waals surface area contributed by atoms with Crippen LogP contribution in [0.25, 0.3) is 0 Å². The first-order valence-corrected chi connectivity index (χ1v) is 5.60. The molecule has 1 atom stereocenters. The molecule has 1 aromatic rings. The molecule has 0 amide bonds. The number of rotatable bonds is 3. The molecule has 13 heavy (non-hydrogen) atoms. The van der Waals surface area contributed by atoms with Crippen LogP contribution in [0.2, 0.25) is 0 Å². The Morgan fingerprint density at radius 2 is 2.31 bits per heavy atom. The largest absolute Gasteiger partial charge is 0.334 e. The van der Waals surface area contributed by atoms with Crippen LogP contribution in [0.5, 0.6) is 0 Å². The number of aromatic nitrogens is 2. The van der Waals surface area contributed by atoms with Crippen LogP contribution in [0.3, 0.4) is 0 Å². The van der Waals surface area contributed by atoms with Crippen LogP contribution in [0.4, 0.5) is 0 Å². The van der Waals surface area contributed by atoms with E-state index in [2.05, 4.69) is 4.98 Å². The van der Waals surface area contributed by atoms with Crippen LogP contribution < -0.4 is 5.14 Å². The zero-order chi connectivity index (χ0) is 10.1. The lowest BCUT2D eigenvalue weighted by Crippen LogP contribution is -2.22. The molecule has 0 saturated carbocycles. The van der Waals surface area contributed by atoms with Gasteiger partial charge in [0.15, 0.2) is 0 Å². The van der Waals surface area contributed by atoms with E-state index in [1.807, 2.05) is 6.92 Å². The van der Waals surface area contributed by atoms with Gasteiger partial charge < -0.3 is 4.57 Å². The number of imidazole rings is 1. The van der Waals surface area contributed by atoms with E-state index in [1.54, 1.807) is 17.0 Å². The summed E-state index contributed by atoms with van der Waals surface area (Å²) in [5, 5.41) is 4.26. The van der Waals surface area contributed by atoms with Crippen molar-refractivity contribution in [3.63, 3.8) is 0 Å². The van der Waals surface area contributed by atoms with E-state index in [1.165, 1.54) is 6.92 Å². The van der Waals surface area contributed by atoms with E-state index >= 15 is 0 Å². The summed E-state index contributed by atoms with van der Waals surface area (Å²) in [5.74, 6) is 0.491. The predicted octanol–water partition coefficient (Wildman–Crippen LogP) is 0.253. The van der Waals surface area contributed by atoms with Crippen molar-refractivity contribution in [3.8, 4) is 0 Å². The first-order valence-electron chi connectivity index (χ1n) is 3.99. The van der Waals surface area contributed by atoms with Gasteiger partial charge in [-0.2, -0.15) is 0 Å². The Labute approximate surface area is 77.6 Å². The van der Waals surface area contributed by atoms with E-state index in [4.69, 9.17) is 5.14 Å². The fourth-order valence-electron chi connectivity index (χ4n) is 1.09. The van der Waals surface area contributed by atoms with Crippen molar-refractivity contribution in [1.29, 1.82) is 0 Å². The van der Waals surface area contributed by atoms with E-state index in [-0.39, 0.29) is 0 Å². The highest BCUT2D eigenvalue weighted by atomic mass is 32.2. The normalized spacial score (nSPS) is 14.4. The molecule has 0 bridgehead atoms. The molecule has 0 spiro atoms. The van der Waals surface area contributed by atoms with Crippen molar-refractivity contribution >= 4 is 10.0 Å². The summed E-state index contributed by atoms with van der Waals surface area (Å²) in [5.41, 5.74) is 0. The van der Waals surface area contributed by atoms with E-state index in [0.29, 0.717) is 12.4 Å². The zero-order valence-corrected chi connectivity index (χ0v) is 8.45. The Balaban J connectivity index is 3.08. The topological polar surface area (TPSA) is 78.0 Å². The Hall–Kier alpha value is -0.880. The molecule has 0 saturated heterocycles. The van der Waals surface area contributed by atoms with E-state index < -0.39 is 15.3 Å². The second kappa shape index (κ2) is 3.47. The van der Waals surface area contributed by atoms with Crippen molar-refractivity contribution < 1.29 is 8.42 Å². The third-order valence-electron chi connectivity index (χ3n) is 1.94. The minimum atomic E-state index is -3.54. The van der Waals surface area contributed by atoms with Gasteiger partial charge in [0, 0.05) is 18.9 Å². The molecule has 1 rings (SSSR count). The third kappa shape index (κ3) is 2.07. The zero-order valence-electron chi connectivity index (χ0n) is 7.64. The Bertz CT molecular complexity index is 382. The van der Waals surface area contributed by atoms with Gasteiger partial charge in [-0.15, -0.1) is 0 Å². The van der Waals surface area contributed by atoms with Crippen LogP contribution in [0.1, 0.15) is 24.9 Å². The molecule has 0 aliphatic rings. The summed E-state index contributed by atoms with van der Waals surface area (Å²) in [6.07, 6.45) is 3.30. The van der Waals surface area contributed by atoms with Crippen LogP contribution in [0.15, 0.2) is 12.4 Å². The van der Waals surface area contributed by atoms with Crippen molar-refractivity contribution in [2.24, 2.45) is 5.14 Å². The lowest BCUT2D eigenvalue weighted by Gasteiger charge is -2.10. The van der Waals surface area contributed by atoms with Crippen LogP contribution >= 0.6 is 0 Å². The van der Waals surface area contributed by atoms with Gasteiger partial charge in [0.1, 0.15) is 11.1 Å². The molecule has 1 unspecified atom stereocenters. The quantitative estimate of drug-likeness (QED) is 0.765. The first-order chi connectivity index (χ1) is 5.96. The second-order valence-electron chi connectivity index (χ2n) is 2.80. The van der Waals surface area contributed by atoms with Crippen molar-refractivity contribution in [2.75, 3.05) is 0 Å².